The molecule has 110 valence electrons. The van der Waals surface area contributed by atoms with Crippen molar-refractivity contribution in [2.24, 2.45) is 0 Å². The smallest absolute Gasteiger partial charge is 0.251 e. The minimum absolute atomic E-state index is 0.0136. The highest BCUT2D eigenvalue weighted by molar-refractivity contribution is 7.99. The van der Waals surface area contributed by atoms with Gasteiger partial charge in [0.05, 0.1) is 0 Å². The van der Waals surface area contributed by atoms with Crippen LogP contribution in [0.2, 0.25) is 0 Å². The molecular formula is C13H20N4O2S. The quantitative estimate of drug-likeness (QED) is 0.772. The maximum absolute atomic E-state index is 11.8. The molecule has 0 aliphatic carbocycles. The number of nitrogens with zero attached hydrogens (tertiary/aromatic N) is 2. The molecule has 1 aromatic heterocycles. The maximum Gasteiger partial charge on any atom is 0.251 e. The number of thioether (sulfide) groups is 1. The van der Waals surface area contributed by atoms with Crippen molar-refractivity contribution < 1.29 is 4.79 Å². The molecule has 1 amide bonds. The number of amides is 1. The SMILES string of the molecule is Nc1ccc(=O)n(CC(=O)NCCN2CCSCC2)c1. The van der Waals surface area contributed by atoms with E-state index in [0.717, 1.165) is 31.1 Å². The van der Waals surface area contributed by atoms with Gasteiger partial charge in [-0.2, -0.15) is 11.8 Å². The van der Waals surface area contributed by atoms with Crippen molar-refractivity contribution in [3.8, 4) is 0 Å². The topological polar surface area (TPSA) is 80.4 Å². The van der Waals surface area contributed by atoms with Gasteiger partial charge in [0.25, 0.3) is 5.56 Å². The van der Waals surface area contributed by atoms with Crippen LogP contribution in [0.3, 0.4) is 0 Å². The molecular weight excluding hydrogens is 276 g/mol. The zero-order valence-corrected chi connectivity index (χ0v) is 12.2. The summed E-state index contributed by atoms with van der Waals surface area (Å²) in [6.07, 6.45) is 1.49. The molecule has 1 aromatic rings. The third-order valence-corrected chi connectivity index (χ3v) is 4.12. The number of pyridine rings is 1. The Kier molecular flexibility index (Phi) is 5.49. The minimum atomic E-state index is -0.220. The Labute approximate surface area is 122 Å². The standard InChI is InChI=1S/C13H20N4O2S/c14-11-1-2-13(19)17(9-11)10-12(18)15-3-4-16-5-7-20-8-6-16/h1-2,9H,3-8,10,14H2,(H,15,18). The van der Waals surface area contributed by atoms with Gasteiger partial charge >= 0.3 is 0 Å². The fourth-order valence-corrected chi connectivity index (χ4v) is 3.04. The predicted molar refractivity (Wildman–Crippen MR) is 81.9 cm³/mol. The second-order valence-corrected chi connectivity index (χ2v) is 5.96. The molecule has 2 heterocycles. The number of hydrogen-bond donors (Lipinski definition) is 2. The van der Waals surface area contributed by atoms with Crippen molar-refractivity contribution >= 4 is 23.4 Å². The highest BCUT2D eigenvalue weighted by Crippen LogP contribution is 2.07. The van der Waals surface area contributed by atoms with Crippen LogP contribution in [0.1, 0.15) is 0 Å². The van der Waals surface area contributed by atoms with Crippen LogP contribution in [0, 0.1) is 0 Å². The average Bonchev–Trinajstić information content (AvgIpc) is 2.44. The lowest BCUT2D eigenvalue weighted by Crippen LogP contribution is -2.40. The fraction of sp³-hybridized carbons (Fsp3) is 0.538. The Morgan fingerprint density at radius 2 is 2.10 bits per heavy atom. The molecule has 0 atom stereocenters. The monoisotopic (exact) mass is 296 g/mol. The van der Waals surface area contributed by atoms with E-state index in [-0.39, 0.29) is 18.0 Å². The van der Waals surface area contributed by atoms with Crippen molar-refractivity contribution in [1.82, 2.24) is 14.8 Å². The molecule has 0 aromatic carbocycles. The van der Waals surface area contributed by atoms with Gasteiger partial charge in [0.1, 0.15) is 6.54 Å². The van der Waals surface area contributed by atoms with Crippen LogP contribution in [0.4, 0.5) is 5.69 Å². The van der Waals surface area contributed by atoms with E-state index in [4.69, 9.17) is 5.73 Å². The van der Waals surface area contributed by atoms with Gasteiger partial charge in [0.2, 0.25) is 5.91 Å². The molecule has 1 aliphatic rings. The molecule has 2 rings (SSSR count). The number of nitrogens with two attached hydrogens (primary N) is 1. The molecule has 7 heteroatoms. The number of carbonyl (C=O) groups excluding carboxylic acids is 1. The van der Waals surface area contributed by atoms with Gasteiger partial charge in [0, 0.05) is 55.6 Å². The van der Waals surface area contributed by atoms with E-state index in [1.165, 1.54) is 22.9 Å². The summed E-state index contributed by atoms with van der Waals surface area (Å²) in [4.78, 5) is 25.7. The van der Waals surface area contributed by atoms with Crippen molar-refractivity contribution in [2.75, 3.05) is 43.4 Å². The van der Waals surface area contributed by atoms with E-state index in [1.807, 2.05) is 11.8 Å². The Morgan fingerprint density at radius 1 is 1.35 bits per heavy atom. The normalized spacial score (nSPS) is 16.0. The number of aromatic nitrogens is 1. The van der Waals surface area contributed by atoms with Crippen LogP contribution in [0.25, 0.3) is 0 Å². The number of anilines is 1. The highest BCUT2D eigenvalue weighted by Gasteiger charge is 2.10. The number of carbonyl (C=O) groups is 1. The van der Waals surface area contributed by atoms with Gasteiger partial charge in [-0.3, -0.25) is 14.5 Å². The van der Waals surface area contributed by atoms with E-state index in [2.05, 4.69) is 10.2 Å². The second kappa shape index (κ2) is 7.35. The molecule has 0 unspecified atom stereocenters. The Morgan fingerprint density at radius 3 is 2.85 bits per heavy atom. The first-order valence-corrected chi connectivity index (χ1v) is 7.83. The summed E-state index contributed by atoms with van der Waals surface area (Å²) in [6, 6.07) is 2.90. The van der Waals surface area contributed by atoms with Gasteiger partial charge in [-0.05, 0) is 6.07 Å². The largest absolute Gasteiger partial charge is 0.398 e. The van der Waals surface area contributed by atoms with E-state index in [1.54, 1.807) is 0 Å². The maximum atomic E-state index is 11.8. The molecule has 0 radical (unpaired) electrons. The first-order chi connectivity index (χ1) is 9.65. The van der Waals surface area contributed by atoms with Crippen LogP contribution in [0.5, 0.6) is 0 Å². The summed E-state index contributed by atoms with van der Waals surface area (Å²) in [5.74, 6) is 2.16. The van der Waals surface area contributed by atoms with Gasteiger partial charge in [-0.1, -0.05) is 0 Å². The van der Waals surface area contributed by atoms with E-state index in [9.17, 15) is 9.59 Å². The van der Waals surface area contributed by atoms with Crippen LogP contribution in [0.15, 0.2) is 23.1 Å². The van der Waals surface area contributed by atoms with Crippen LogP contribution in [-0.4, -0.2) is 53.1 Å². The molecule has 0 bridgehead atoms. The predicted octanol–water partition coefficient (Wildman–Crippen LogP) is -0.404. The Bertz CT molecular complexity index is 511. The highest BCUT2D eigenvalue weighted by atomic mass is 32.2. The summed E-state index contributed by atoms with van der Waals surface area (Å²) in [7, 11) is 0. The average molecular weight is 296 g/mol. The Hall–Kier alpha value is -1.47. The summed E-state index contributed by atoms with van der Waals surface area (Å²) in [6.45, 7) is 3.64. The van der Waals surface area contributed by atoms with Crippen LogP contribution < -0.4 is 16.6 Å². The molecule has 6 nitrogen and oxygen atoms in total. The van der Waals surface area contributed by atoms with Gasteiger partial charge in [0.15, 0.2) is 0 Å². The molecule has 1 aliphatic heterocycles. The van der Waals surface area contributed by atoms with Crippen molar-refractivity contribution in [1.29, 1.82) is 0 Å². The van der Waals surface area contributed by atoms with Crippen molar-refractivity contribution in [2.45, 2.75) is 6.54 Å². The molecule has 0 saturated carbocycles. The van der Waals surface area contributed by atoms with Gasteiger partial charge < -0.3 is 15.6 Å². The van der Waals surface area contributed by atoms with E-state index in [0.29, 0.717) is 12.2 Å². The third kappa shape index (κ3) is 4.57. The van der Waals surface area contributed by atoms with E-state index < -0.39 is 0 Å². The van der Waals surface area contributed by atoms with Gasteiger partial charge in [-0.15, -0.1) is 0 Å². The fourth-order valence-electron chi connectivity index (χ4n) is 2.06. The second-order valence-electron chi connectivity index (χ2n) is 4.73. The molecule has 20 heavy (non-hydrogen) atoms. The first-order valence-electron chi connectivity index (χ1n) is 6.68. The van der Waals surface area contributed by atoms with Crippen LogP contribution >= 0.6 is 11.8 Å². The molecule has 1 fully saturated rings. The summed E-state index contributed by atoms with van der Waals surface area (Å²) in [5.41, 5.74) is 5.86. The summed E-state index contributed by atoms with van der Waals surface area (Å²) < 4.78 is 1.32. The van der Waals surface area contributed by atoms with Crippen LogP contribution in [-0.2, 0) is 11.3 Å². The number of nitrogens with one attached hydrogen (secondary N) is 1. The first kappa shape index (κ1) is 14.9. The number of nitrogen functional groups attached to an aromatic ring is 1. The number of hydrogen-bond acceptors (Lipinski definition) is 5. The van der Waals surface area contributed by atoms with Crippen molar-refractivity contribution in [3.05, 3.63) is 28.7 Å². The summed E-state index contributed by atoms with van der Waals surface area (Å²) >= 11 is 1.96. The zero-order valence-electron chi connectivity index (χ0n) is 11.4. The van der Waals surface area contributed by atoms with Crippen molar-refractivity contribution in [3.63, 3.8) is 0 Å². The van der Waals surface area contributed by atoms with Gasteiger partial charge in [-0.25, -0.2) is 0 Å². The lowest BCUT2D eigenvalue weighted by Gasteiger charge is -2.26. The minimum Gasteiger partial charge on any atom is -0.398 e. The Balaban J connectivity index is 1.74. The lowest BCUT2D eigenvalue weighted by atomic mass is 10.4. The van der Waals surface area contributed by atoms with E-state index >= 15 is 0 Å². The molecule has 1 saturated heterocycles. The lowest BCUT2D eigenvalue weighted by molar-refractivity contribution is -0.121. The molecule has 0 spiro atoms. The number of rotatable bonds is 5. The zero-order chi connectivity index (χ0) is 14.4. The summed E-state index contributed by atoms with van der Waals surface area (Å²) in [5, 5.41) is 2.84. The molecule has 3 N–H and O–H groups in total. The third-order valence-electron chi connectivity index (χ3n) is 3.17.